The van der Waals surface area contributed by atoms with E-state index < -0.39 is 5.91 Å². The highest BCUT2D eigenvalue weighted by Crippen LogP contribution is 2.31. The molecule has 0 radical (unpaired) electrons. The van der Waals surface area contributed by atoms with Gasteiger partial charge in [0.1, 0.15) is 5.75 Å². The Bertz CT molecular complexity index is 365. The zero-order valence-corrected chi connectivity index (χ0v) is 10.6. The van der Waals surface area contributed by atoms with E-state index in [9.17, 15) is 4.79 Å². The van der Waals surface area contributed by atoms with Gasteiger partial charge in [0.15, 0.2) is 0 Å². The number of carbonyl (C=O) groups is 1. The largest absolute Gasteiger partial charge is 0.490 e. The summed E-state index contributed by atoms with van der Waals surface area (Å²) >= 11 is 3.36. The molecule has 1 amide bonds. The van der Waals surface area contributed by atoms with Crippen molar-refractivity contribution >= 4 is 21.8 Å². The van der Waals surface area contributed by atoms with Crippen LogP contribution in [0.5, 0.6) is 5.75 Å². The predicted molar refractivity (Wildman–Crippen MR) is 63.2 cm³/mol. The number of rotatable bonds is 3. The predicted octanol–water partition coefficient (Wildman–Crippen LogP) is 2.64. The highest BCUT2D eigenvalue weighted by molar-refractivity contribution is 9.10. The first kappa shape index (κ1) is 12.0. The van der Waals surface area contributed by atoms with E-state index >= 15 is 0 Å². The SMILES string of the molecule is Cc1cc(C(N)=O)cc(Br)c1OC(C)C. The van der Waals surface area contributed by atoms with Gasteiger partial charge in [0.2, 0.25) is 5.91 Å². The van der Waals surface area contributed by atoms with Crippen molar-refractivity contribution in [3.8, 4) is 5.75 Å². The molecule has 0 bridgehead atoms. The van der Waals surface area contributed by atoms with Crippen molar-refractivity contribution in [2.24, 2.45) is 5.73 Å². The fourth-order valence-electron chi connectivity index (χ4n) is 1.26. The molecule has 0 heterocycles. The van der Waals surface area contributed by atoms with Crippen molar-refractivity contribution in [1.29, 1.82) is 0 Å². The number of benzene rings is 1. The Morgan fingerprint density at radius 3 is 2.47 bits per heavy atom. The molecule has 0 atom stereocenters. The van der Waals surface area contributed by atoms with Crippen LogP contribution in [0.15, 0.2) is 16.6 Å². The minimum Gasteiger partial charge on any atom is -0.490 e. The number of nitrogens with two attached hydrogens (primary N) is 1. The Balaban J connectivity index is 3.15. The molecule has 0 spiro atoms. The number of hydrogen-bond acceptors (Lipinski definition) is 2. The Morgan fingerprint density at radius 2 is 2.07 bits per heavy atom. The summed E-state index contributed by atoms with van der Waals surface area (Å²) in [7, 11) is 0. The maximum atomic E-state index is 11.0. The van der Waals surface area contributed by atoms with E-state index in [1.54, 1.807) is 12.1 Å². The first-order valence-electron chi connectivity index (χ1n) is 4.68. The summed E-state index contributed by atoms with van der Waals surface area (Å²) in [6, 6.07) is 3.40. The van der Waals surface area contributed by atoms with Crippen LogP contribution in [0, 0.1) is 6.92 Å². The second-order valence-electron chi connectivity index (χ2n) is 3.63. The highest BCUT2D eigenvalue weighted by Gasteiger charge is 2.11. The maximum absolute atomic E-state index is 11.0. The number of primary amides is 1. The molecule has 0 fully saturated rings. The van der Waals surface area contributed by atoms with Gasteiger partial charge in [-0.3, -0.25) is 4.79 Å². The topological polar surface area (TPSA) is 52.3 Å². The summed E-state index contributed by atoms with van der Waals surface area (Å²) in [5.74, 6) is 0.324. The highest BCUT2D eigenvalue weighted by atomic mass is 79.9. The van der Waals surface area contributed by atoms with Gasteiger partial charge in [0, 0.05) is 5.56 Å². The molecule has 4 heteroatoms. The lowest BCUT2D eigenvalue weighted by Gasteiger charge is -2.14. The van der Waals surface area contributed by atoms with E-state index in [2.05, 4.69) is 15.9 Å². The molecular formula is C11H14BrNO2. The van der Waals surface area contributed by atoms with Crippen LogP contribution in [0.1, 0.15) is 29.8 Å². The first-order chi connectivity index (χ1) is 6.91. The molecule has 0 aliphatic carbocycles. The third-order valence-corrected chi connectivity index (χ3v) is 2.46. The number of amides is 1. The number of hydrogen-bond donors (Lipinski definition) is 1. The lowest BCUT2D eigenvalue weighted by atomic mass is 10.1. The quantitative estimate of drug-likeness (QED) is 0.919. The van der Waals surface area contributed by atoms with Gasteiger partial charge in [-0.2, -0.15) is 0 Å². The molecule has 15 heavy (non-hydrogen) atoms. The van der Waals surface area contributed by atoms with Crippen molar-refractivity contribution in [2.75, 3.05) is 0 Å². The molecule has 0 aliphatic heterocycles. The molecule has 1 aromatic rings. The van der Waals surface area contributed by atoms with Crippen LogP contribution < -0.4 is 10.5 Å². The Hall–Kier alpha value is -1.03. The smallest absolute Gasteiger partial charge is 0.248 e. The molecule has 1 aromatic carbocycles. The molecule has 2 N–H and O–H groups in total. The van der Waals surface area contributed by atoms with E-state index in [1.165, 1.54) is 0 Å². The van der Waals surface area contributed by atoms with Gasteiger partial charge in [-0.15, -0.1) is 0 Å². The lowest BCUT2D eigenvalue weighted by molar-refractivity contribution is 0.1000. The van der Waals surface area contributed by atoms with Gasteiger partial charge in [-0.1, -0.05) is 0 Å². The van der Waals surface area contributed by atoms with Gasteiger partial charge in [-0.25, -0.2) is 0 Å². The first-order valence-corrected chi connectivity index (χ1v) is 5.47. The summed E-state index contributed by atoms with van der Waals surface area (Å²) in [5.41, 5.74) is 6.58. The second kappa shape index (κ2) is 4.66. The summed E-state index contributed by atoms with van der Waals surface area (Å²) in [5, 5.41) is 0. The Morgan fingerprint density at radius 1 is 1.47 bits per heavy atom. The molecule has 0 unspecified atom stereocenters. The van der Waals surface area contributed by atoms with Crippen molar-refractivity contribution in [1.82, 2.24) is 0 Å². The number of aryl methyl sites for hydroxylation is 1. The standard InChI is InChI=1S/C11H14BrNO2/c1-6(2)15-10-7(3)4-8(11(13)14)5-9(10)12/h4-6H,1-3H3,(H2,13,14). The van der Waals surface area contributed by atoms with E-state index in [-0.39, 0.29) is 6.10 Å². The lowest BCUT2D eigenvalue weighted by Crippen LogP contribution is -2.12. The van der Waals surface area contributed by atoms with E-state index in [1.807, 2.05) is 20.8 Å². The van der Waals surface area contributed by atoms with Crippen molar-refractivity contribution in [2.45, 2.75) is 26.9 Å². The number of carbonyl (C=O) groups excluding carboxylic acids is 1. The maximum Gasteiger partial charge on any atom is 0.248 e. The Kier molecular flexibility index (Phi) is 3.74. The van der Waals surface area contributed by atoms with E-state index in [4.69, 9.17) is 10.5 Å². The number of ether oxygens (including phenoxy) is 1. The molecule has 0 aromatic heterocycles. The van der Waals surface area contributed by atoms with Crippen LogP contribution in [0.3, 0.4) is 0 Å². The zero-order chi connectivity index (χ0) is 11.6. The van der Waals surface area contributed by atoms with E-state index in [0.717, 1.165) is 15.8 Å². The third kappa shape index (κ3) is 2.96. The zero-order valence-electron chi connectivity index (χ0n) is 9.00. The molecule has 1 rings (SSSR count). The van der Waals surface area contributed by atoms with Crippen LogP contribution in [-0.2, 0) is 0 Å². The molecule has 3 nitrogen and oxygen atoms in total. The fraction of sp³-hybridized carbons (Fsp3) is 0.364. The normalized spacial score (nSPS) is 10.5. The molecule has 0 aliphatic rings. The average Bonchev–Trinajstić information content (AvgIpc) is 2.10. The van der Waals surface area contributed by atoms with Crippen molar-refractivity contribution < 1.29 is 9.53 Å². The van der Waals surface area contributed by atoms with Crippen LogP contribution in [0.2, 0.25) is 0 Å². The summed E-state index contributed by atoms with van der Waals surface area (Å²) in [6.45, 7) is 5.79. The van der Waals surface area contributed by atoms with Gasteiger partial charge >= 0.3 is 0 Å². The fourth-order valence-corrected chi connectivity index (χ4v) is 1.91. The monoisotopic (exact) mass is 271 g/mol. The molecule has 82 valence electrons. The van der Waals surface area contributed by atoms with Crippen molar-refractivity contribution in [3.63, 3.8) is 0 Å². The third-order valence-electron chi connectivity index (χ3n) is 1.87. The van der Waals surface area contributed by atoms with E-state index in [0.29, 0.717) is 5.56 Å². The van der Waals surface area contributed by atoms with Gasteiger partial charge in [0.05, 0.1) is 10.6 Å². The van der Waals surface area contributed by atoms with Gasteiger partial charge in [-0.05, 0) is 54.4 Å². The average molecular weight is 272 g/mol. The van der Waals surface area contributed by atoms with Crippen LogP contribution >= 0.6 is 15.9 Å². The van der Waals surface area contributed by atoms with Crippen molar-refractivity contribution in [3.05, 3.63) is 27.7 Å². The summed E-state index contributed by atoms with van der Waals surface area (Å²) in [4.78, 5) is 11.0. The van der Waals surface area contributed by atoms with Crippen LogP contribution in [0.25, 0.3) is 0 Å². The van der Waals surface area contributed by atoms with Gasteiger partial charge < -0.3 is 10.5 Å². The van der Waals surface area contributed by atoms with Crippen LogP contribution in [0.4, 0.5) is 0 Å². The summed E-state index contributed by atoms with van der Waals surface area (Å²) < 4.78 is 6.37. The molecular weight excluding hydrogens is 258 g/mol. The number of halogens is 1. The summed E-state index contributed by atoms with van der Waals surface area (Å²) in [6.07, 6.45) is 0.0967. The van der Waals surface area contributed by atoms with Crippen LogP contribution in [-0.4, -0.2) is 12.0 Å². The van der Waals surface area contributed by atoms with Gasteiger partial charge in [0.25, 0.3) is 0 Å². The minimum absolute atomic E-state index is 0.0967. The minimum atomic E-state index is -0.435. The molecule has 0 saturated carbocycles. The second-order valence-corrected chi connectivity index (χ2v) is 4.49. The molecule has 0 saturated heterocycles. The Labute approximate surface area is 97.7 Å².